The Balaban J connectivity index is 2.29. The van der Waals surface area contributed by atoms with E-state index in [0.717, 1.165) is 18.0 Å². The summed E-state index contributed by atoms with van der Waals surface area (Å²) in [7, 11) is 0. The first-order chi connectivity index (χ1) is 8.69. The van der Waals surface area contributed by atoms with Gasteiger partial charge in [0, 0.05) is 28.6 Å². The van der Waals surface area contributed by atoms with Crippen LogP contribution in [0.2, 0.25) is 5.02 Å². The second kappa shape index (κ2) is 6.52. The van der Waals surface area contributed by atoms with Crippen molar-refractivity contribution in [2.45, 2.75) is 36.9 Å². The molecule has 3 N–H and O–H groups in total. The van der Waals surface area contributed by atoms with Crippen molar-refractivity contribution >= 4 is 35.1 Å². The smallest absolute Gasteiger partial charge is 0.0835 e. The van der Waals surface area contributed by atoms with Crippen LogP contribution < -0.4 is 11.3 Å². The van der Waals surface area contributed by atoms with Gasteiger partial charge in [-0.3, -0.25) is 16.0 Å². The third kappa shape index (κ3) is 2.82. The molecule has 0 radical (unpaired) electrons. The van der Waals surface area contributed by atoms with E-state index in [1.807, 2.05) is 28.2 Å². The molecule has 4 nitrogen and oxygen atoms in total. The number of hydrazine groups is 1. The predicted octanol–water partition coefficient (Wildman–Crippen LogP) is 2.30. The fraction of sp³-hybridized carbons (Fsp3) is 0.727. The van der Waals surface area contributed by atoms with Gasteiger partial charge in [-0.05, 0) is 6.92 Å². The third-order valence-corrected chi connectivity index (χ3v) is 6.66. The van der Waals surface area contributed by atoms with Gasteiger partial charge in [0.25, 0.3) is 0 Å². The summed E-state index contributed by atoms with van der Waals surface area (Å²) in [4.78, 5) is 0. The van der Waals surface area contributed by atoms with Crippen LogP contribution in [0.25, 0.3) is 0 Å². The molecule has 0 aromatic carbocycles. The first-order valence-corrected chi connectivity index (χ1v) is 8.57. The van der Waals surface area contributed by atoms with Crippen LogP contribution in [0.15, 0.2) is 6.20 Å². The van der Waals surface area contributed by atoms with E-state index in [0.29, 0.717) is 15.5 Å². The van der Waals surface area contributed by atoms with Crippen molar-refractivity contribution < 1.29 is 0 Å². The minimum absolute atomic E-state index is 0.0488. The molecule has 18 heavy (non-hydrogen) atoms. The minimum Gasteiger partial charge on any atom is -0.271 e. The van der Waals surface area contributed by atoms with Crippen molar-refractivity contribution in [1.29, 1.82) is 0 Å². The quantitative estimate of drug-likeness (QED) is 0.660. The highest BCUT2D eigenvalue weighted by Crippen LogP contribution is 2.39. The van der Waals surface area contributed by atoms with Crippen molar-refractivity contribution in [1.82, 2.24) is 15.2 Å². The standard InChI is InChI=1S/C11H19ClN4S2/c1-3-16-10(8(12)6-14-16)9(15-13)11-7(2)17-4-5-18-11/h6-7,9,11,15H,3-5,13H2,1-2H3. The molecule has 0 amide bonds. The summed E-state index contributed by atoms with van der Waals surface area (Å²) in [5.41, 5.74) is 3.95. The molecule has 1 aromatic heterocycles. The number of nitrogens with one attached hydrogen (secondary N) is 1. The summed E-state index contributed by atoms with van der Waals surface area (Å²) < 4.78 is 1.93. The Hall–Kier alpha value is 0.120. The zero-order chi connectivity index (χ0) is 13.1. The summed E-state index contributed by atoms with van der Waals surface area (Å²) >= 11 is 10.2. The van der Waals surface area contributed by atoms with Gasteiger partial charge in [-0.1, -0.05) is 18.5 Å². The van der Waals surface area contributed by atoms with E-state index in [-0.39, 0.29) is 6.04 Å². The summed E-state index contributed by atoms with van der Waals surface area (Å²) in [5.74, 6) is 8.15. The van der Waals surface area contributed by atoms with Gasteiger partial charge in [0.05, 0.1) is 23.0 Å². The van der Waals surface area contributed by atoms with Gasteiger partial charge in [-0.25, -0.2) is 0 Å². The minimum atomic E-state index is 0.0488. The monoisotopic (exact) mass is 306 g/mol. The van der Waals surface area contributed by atoms with E-state index in [9.17, 15) is 0 Å². The van der Waals surface area contributed by atoms with Gasteiger partial charge in [0.15, 0.2) is 0 Å². The first kappa shape index (κ1) is 14.5. The maximum absolute atomic E-state index is 6.27. The number of nitrogens with two attached hydrogens (primary N) is 1. The predicted molar refractivity (Wildman–Crippen MR) is 81.1 cm³/mol. The average Bonchev–Trinajstić information content (AvgIpc) is 2.74. The lowest BCUT2D eigenvalue weighted by Crippen LogP contribution is -2.42. The maximum atomic E-state index is 6.27. The summed E-state index contributed by atoms with van der Waals surface area (Å²) in [6.45, 7) is 5.12. The molecule has 3 atom stereocenters. The summed E-state index contributed by atoms with van der Waals surface area (Å²) in [6.07, 6.45) is 1.70. The Morgan fingerprint density at radius 1 is 1.61 bits per heavy atom. The molecule has 1 aromatic rings. The topological polar surface area (TPSA) is 55.9 Å². The number of hydrogen-bond acceptors (Lipinski definition) is 5. The highest BCUT2D eigenvalue weighted by atomic mass is 35.5. The van der Waals surface area contributed by atoms with Crippen LogP contribution in [0.5, 0.6) is 0 Å². The maximum Gasteiger partial charge on any atom is 0.0835 e. The molecule has 0 aliphatic carbocycles. The summed E-state index contributed by atoms with van der Waals surface area (Å²) in [5, 5.41) is 5.97. The molecule has 7 heteroatoms. The van der Waals surface area contributed by atoms with Gasteiger partial charge in [0.2, 0.25) is 0 Å². The van der Waals surface area contributed by atoms with Crippen LogP contribution in [0.3, 0.4) is 0 Å². The molecule has 1 aliphatic rings. The molecular weight excluding hydrogens is 288 g/mol. The third-order valence-electron chi connectivity index (χ3n) is 3.17. The first-order valence-electron chi connectivity index (χ1n) is 6.09. The zero-order valence-electron chi connectivity index (χ0n) is 10.6. The van der Waals surface area contributed by atoms with Crippen molar-refractivity contribution in [3.05, 3.63) is 16.9 Å². The van der Waals surface area contributed by atoms with Crippen molar-refractivity contribution in [2.24, 2.45) is 5.84 Å². The highest BCUT2D eigenvalue weighted by Gasteiger charge is 2.34. The molecule has 1 fully saturated rings. The van der Waals surface area contributed by atoms with Gasteiger partial charge in [-0.15, -0.1) is 0 Å². The highest BCUT2D eigenvalue weighted by molar-refractivity contribution is 8.07. The van der Waals surface area contributed by atoms with Crippen LogP contribution in [-0.4, -0.2) is 31.8 Å². The van der Waals surface area contributed by atoms with E-state index in [1.54, 1.807) is 6.20 Å². The number of thioether (sulfide) groups is 2. The zero-order valence-corrected chi connectivity index (χ0v) is 13.0. The number of aryl methyl sites for hydroxylation is 1. The van der Waals surface area contributed by atoms with Crippen LogP contribution >= 0.6 is 35.1 Å². The molecule has 102 valence electrons. The van der Waals surface area contributed by atoms with Crippen molar-refractivity contribution in [3.8, 4) is 0 Å². The van der Waals surface area contributed by atoms with E-state index < -0.39 is 0 Å². The van der Waals surface area contributed by atoms with Gasteiger partial charge in [-0.2, -0.15) is 28.6 Å². The Bertz CT molecular complexity index is 398. The Labute approximate surface area is 121 Å². The Kier molecular flexibility index (Phi) is 5.26. The molecule has 3 unspecified atom stereocenters. The van der Waals surface area contributed by atoms with E-state index in [2.05, 4.69) is 24.4 Å². The van der Waals surface area contributed by atoms with Crippen LogP contribution in [0, 0.1) is 0 Å². The normalized spacial score (nSPS) is 26.2. The lowest BCUT2D eigenvalue weighted by atomic mass is 10.1. The van der Waals surface area contributed by atoms with Crippen LogP contribution in [0.4, 0.5) is 0 Å². The molecule has 1 aliphatic heterocycles. The molecular formula is C11H19ClN4S2. The Morgan fingerprint density at radius 3 is 2.94 bits per heavy atom. The number of rotatable bonds is 4. The summed E-state index contributed by atoms with van der Waals surface area (Å²) in [6, 6.07) is 0.0488. The van der Waals surface area contributed by atoms with Crippen LogP contribution in [0.1, 0.15) is 25.6 Å². The molecule has 1 saturated heterocycles. The van der Waals surface area contributed by atoms with E-state index in [1.165, 1.54) is 5.75 Å². The van der Waals surface area contributed by atoms with Gasteiger partial charge in [0.1, 0.15) is 0 Å². The van der Waals surface area contributed by atoms with Crippen molar-refractivity contribution in [2.75, 3.05) is 11.5 Å². The van der Waals surface area contributed by atoms with Crippen molar-refractivity contribution in [3.63, 3.8) is 0 Å². The second-order valence-corrected chi connectivity index (χ2v) is 7.43. The fourth-order valence-electron chi connectivity index (χ4n) is 2.28. The number of aromatic nitrogens is 2. The van der Waals surface area contributed by atoms with Gasteiger partial charge < -0.3 is 0 Å². The van der Waals surface area contributed by atoms with Gasteiger partial charge >= 0.3 is 0 Å². The molecule has 0 bridgehead atoms. The molecule has 0 saturated carbocycles. The Morgan fingerprint density at radius 2 is 2.33 bits per heavy atom. The lowest BCUT2D eigenvalue weighted by Gasteiger charge is -2.34. The average molecular weight is 307 g/mol. The second-order valence-electron chi connectivity index (χ2n) is 4.25. The van der Waals surface area contributed by atoms with E-state index in [4.69, 9.17) is 17.4 Å². The number of halogens is 1. The fourth-order valence-corrected chi connectivity index (χ4v) is 5.44. The largest absolute Gasteiger partial charge is 0.271 e. The molecule has 2 rings (SSSR count). The number of hydrogen-bond donors (Lipinski definition) is 2. The molecule has 0 spiro atoms. The molecule has 2 heterocycles. The van der Waals surface area contributed by atoms with Crippen LogP contribution in [-0.2, 0) is 6.54 Å². The lowest BCUT2D eigenvalue weighted by molar-refractivity contribution is 0.475. The van der Waals surface area contributed by atoms with E-state index >= 15 is 0 Å². The SMILES string of the molecule is CCn1ncc(Cl)c1C(NN)C1SCCSC1C. The number of nitrogens with zero attached hydrogens (tertiary/aromatic N) is 2.